The summed E-state index contributed by atoms with van der Waals surface area (Å²) in [7, 11) is 0. The Labute approximate surface area is 83.1 Å². The van der Waals surface area contributed by atoms with E-state index in [1.807, 2.05) is 0 Å². The van der Waals surface area contributed by atoms with Gasteiger partial charge in [0.25, 0.3) is 0 Å². The third-order valence-electron chi connectivity index (χ3n) is 4.27. The molecule has 1 aromatic rings. The fourth-order valence-corrected chi connectivity index (χ4v) is 3.71. The number of aliphatic hydroxyl groups excluding tert-OH is 1. The van der Waals surface area contributed by atoms with Crippen molar-refractivity contribution in [3.8, 4) is 0 Å². The van der Waals surface area contributed by atoms with Crippen molar-refractivity contribution in [3.63, 3.8) is 0 Å². The molecule has 3 aliphatic carbocycles. The van der Waals surface area contributed by atoms with Crippen LogP contribution in [-0.2, 0) is 0 Å². The standard InChI is InChI=1S/C13H12O/c14-13-9-5-6-10(13)12-8-4-2-1-3-7(8)11(9)12/h1-6,9-14H/t9-,10-,11-,12+,13?/m1/s1. The van der Waals surface area contributed by atoms with Gasteiger partial charge in [0.15, 0.2) is 0 Å². The van der Waals surface area contributed by atoms with Crippen LogP contribution in [0.25, 0.3) is 0 Å². The summed E-state index contributed by atoms with van der Waals surface area (Å²) in [5.74, 6) is 2.05. The maximum atomic E-state index is 10.0. The quantitative estimate of drug-likeness (QED) is 0.612. The molecule has 1 fully saturated rings. The van der Waals surface area contributed by atoms with Gasteiger partial charge < -0.3 is 5.11 Å². The Bertz CT molecular complexity index is 396. The first-order valence-corrected chi connectivity index (χ1v) is 5.33. The third kappa shape index (κ3) is 0.583. The average Bonchev–Trinajstić information content (AvgIpc) is 2.65. The second-order valence-electron chi connectivity index (χ2n) is 4.71. The van der Waals surface area contributed by atoms with Gasteiger partial charge in [-0.1, -0.05) is 36.4 Å². The van der Waals surface area contributed by atoms with Crippen molar-refractivity contribution in [2.45, 2.75) is 17.9 Å². The monoisotopic (exact) mass is 184 g/mol. The second kappa shape index (κ2) is 2.12. The van der Waals surface area contributed by atoms with Gasteiger partial charge in [-0.05, 0) is 11.1 Å². The average molecular weight is 184 g/mol. The molecular weight excluding hydrogens is 172 g/mol. The maximum Gasteiger partial charge on any atom is 0.0677 e. The summed E-state index contributed by atoms with van der Waals surface area (Å²) in [4.78, 5) is 0. The van der Waals surface area contributed by atoms with E-state index < -0.39 is 0 Å². The Morgan fingerprint density at radius 1 is 0.857 bits per heavy atom. The number of fused-ring (bicyclic) bond motifs is 8. The Kier molecular flexibility index (Phi) is 1.09. The highest BCUT2D eigenvalue weighted by Gasteiger charge is 2.57. The highest BCUT2D eigenvalue weighted by Crippen LogP contribution is 2.64. The van der Waals surface area contributed by atoms with Crippen LogP contribution in [0.1, 0.15) is 23.0 Å². The Morgan fingerprint density at radius 3 is 1.86 bits per heavy atom. The van der Waals surface area contributed by atoms with E-state index in [-0.39, 0.29) is 6.10 Å². The predicted molar refractivity (Wildman–Crippen MR) is 54.1 cm³/mol. The molecule has 1 unspecified atom stereocenters. The van der Waals surface area contributed by atoms with E-state index in [1.165, 1.54) is 11.1 Å². The molecule has 0 amide bonds. The van der Waals surface area contributed by atoms with Crippen LogP contribution in [0.4, 0.5) is 0 Å². The molecular formula is C13H12O. The van der Waals surface area contributed by atoms with Crippen molar-refractivity contribution in [3.05, 3.63) is 47.5 Å². The van der Waals surface area contributed by atoms with Crippen LogP contribution in [0.2, 0.25) is 0 Å². The van der Waals surface area contributed by atoms with Crippen LogP contribution < -0.4 is 0 Å². The van der Waals surface area contributed by atoms with Gasteiger partial charge in [-0.2, -0.15) is 0 Å². The number of hydrogen-bond donors (Lipinski definition) is 1. The van der Waals surface area contributed by atoms with Gasteiger partial charge in [0, 0.05) is 23.7 Å². The molecule has 0 aliphatic heterocycles. The van der Waals surface area contributed by atoms with Crippen molar-refractivity contribution in [1.82, 2.24) is 0 Å². The molecule has 1 aromatic carbocycles. The second-order valence-corrected chi connectivity index (χ2v) is 4.71. The number of hydrogen-bond acceptors (Lipinski definition) is 1. The van der Waals surface area contributed by atoms with Crippen molar-refractivity contribution in [1.29, 1.82) is 0 Å². The Hall–Kier alpha value is -1.08. The van der Waals surface area contributed by atoms with E-state index in [2.05, 4.69) is 36.4 Å². The first-order valence-electron chi connectivity index (χ1n) is 5.33. The summed E-state index contributed by atoms with van der Waals surface area (Å²) in [6.45, 7) is 0. The summed E-state index contributed by atoms with van der Waals surface area (Å²) in [6.07, 6.45) is 4.32. The molecule has 70 valence electrons. The van der Waals surface area contributed by atoms with Crippen LogP contribution in [0, 0.1) is 11.8 Å². The lowest BCUT2D eigenvalue weighted by atomic mass is 9.63. The van der Waals surface area contributed by atoms with Crippen molar-refractivity contribution in [2.75, 3.05) is 0 Å². The van der Waals surface area contributed by atoms with Crippen LogP contribution in [0.3, 0.4) is 0 Å². The molecule has 4 rings (SSSR count). The molecule has 1 nitrogen and oxygen atoms in total. The molecule has 0 aromatic heterocycles. The summed E-state index contributed by atoms with van der Waals surface area (Å²) < 4.78 is 0. The molecule has 0 radical (unpaired) electrons. The van der Waals surface area contributed by atoms with Gasteiger partial charge in [0.2, 0.25) is 0 Å². The minimum atomic E-state index is -0.114. The summed E-state index contributed by atoms with van der Waals surface area (Å²) in [5, 5.41) is 10.0. The molecule has 0 spiro atoms. The largest absolute Gasteiger partial charge is 0.392 e. The third-order valence-corrected chi connectivity index (χ3v) is 4.27. The predicted octanol–water partition coefficient (Wildman–Crippen LogP) is 2.04. The van der Waals surface area contributed by atoms with Crippen LogP contribution >= 0.6 is 0 Å². The van der Waals surface area contributed by atoms with Gasteiger partial charge >= 0.3 is 0 Å². The lowest BCUT2D eigenvalue weighted by Crippen LogP contribution is -2.27. The number of rotatable bonds is 0. The molecule has 1 N–H and O–H groups in total. The summed E-state index contributed by atoms with van der Waals surface area (Å²) in [5.41, 5.74) is 2.96. The van der Waals surface area contributed by atoms with Gasteiger partial charge in [-0.3, -0.25) is 0 Å². The normalized spacial score (nSPS) is 45.9. The first-order chi connectivity index (χ1) is 6.88. The maximum absolute atomic E-state index is 10.0. The molecule has 1 heteroatoms. The van der Waals surface area contributed by atoms with Gasteiger partial charge in [0.1, 0.15) is 0 Å². The highest BCUT2D eigenvalue weighted by atomic mass is 16.3. The van der Waals surface area contributed by atoms with Crippen molar-refractivity contribution >= 4 is 0 Å². The van der Waals surface area contributed by atoms with Gasteiger partial charge in [-0.15, -0.1) is 0 Å². The minimum Gasteiger partial charge on any atom is -0.392 e. The molecule has 0 heterocycles. The van der Waals surface area contributed by atoms with Crippen LogP contribution in [0.15, 0.2) is 36.4 Å². The van der Waals surface area contributed by atoms with Gasteiger partial charge in [0.05, 0.1) is 6.10 Å². The van der Waals surface area contributed by atoms with E-state index in [1.54, 1.807) is 0 Å². The fourth-order valence-electron chi connectivity index (χ4n) is 3.71. The van der Waals surface area contributed by atoms with E-state index >= 15 is 0 Å². The van der Waals surface area contributed by atoms with Crippen molar-refractivity contribution in [2.24, 2.45) is 11.8 Å². The zero-order valence-electron chi connectivity index (χ0n) is 7.80. The number of benzene rings is 1. The Balaban J connectivity index is 1.91. The molecule has 5 atom stereocenters. The molecule has 1 saturated carbocycles. The minimum absolute atomic E-state index is 0.114. The zero-order valence-corrected chi connectivity index (χ0v) is 7.80. The lowest BCUT2D eigenvalue weighted by Gasteiger charge is -2.40. The lowest BCUT2D eigenvalue weighted by molar-refractivity contribution is 0.134. The zero-order chi connectivity index (χ0) is 9.28. The van der Waals surface area contributed by atoms with E-state index in [4.69, 9.17) is 0 Å². The van der Waals surface area contributed by atoms with E-state index in [0.717, 1.165) is 0 Å². The first kappa shape index (κ1) is 7.24. The summed E-state index contributed by atoms with van der Waals surface area (Å²) in [6, 6.07) is 8.66. The molecule has 3 aliphatic rings. The van der Waals surface area contributed by atoms with E-state index in [0.29, 0.717) is 23.7 Å². The summed E-state index contributed by atoms with van der Waals surface area (Å²) >= 11 is 0. The SMILES string of the molecule is OC1[C@@H]2C=C[C@@H]1[C@H]1c3ccccc3[C@H]12. The molecule has 2 bridgehead atoms. The topological polar surface area (TPSA) is 20.2 Å². The van der Waals surface area contributed by atoms with Crippen molar-refractivity contribution < 1.29 is 5.11 Å². The highest BCUT2D eigenvalue weighted by molar-refractivity contribution is 5.52. The van der Waals surface area contributed by atoms with Gasteiger partial charge in [-0.25, -0.2) is 0 Å². The fraction of sp³-hybridized carbons (Fsp3) is 0.385. The molecule has 0 saturated heterocycles. The Morgan fingerprint density at radius 2 is 1.36 bits per heavy atom. The number of aliphatic hydroxyl groups is 1. The smallest absolute Gasteiger partial charge is 0.0677 e. The van der Waals surface area contributed by atoms with Crippen LogP contribution in [-0.4, -0.2) is 11.2 Å². The molecule has 14 heavy (non-hydrogen) atoms. The van der Waals surface area contributed by atoms with Crippen LogP contribution in [0.5, 0.6) is 0 Å². The van der Waals surface area contributed by atoms with E-state index in [9.17, 15) is 5.11 Å².